The van der Waals surface area contributed by atoms with Gasteiger partial charge in [0.25, 0.3) is 11.6 Å². The van der Waals surface area contributed by atoms with Crippen molar-refractivity contribution in [1.82, 2.24) is 9.78 Å². The zero-order valence-corrected chi connectivity index (χ0v) is 19.1. The summed E-state index contributed by atoms with van der Waals surface area (Å²) >= 11 is 4.52. The number of benzene rings is 1. The number of nitro groups is 1. The number of fused-ring (bicyclic) bond motifs is 1. The molecule has 174 valence electrons. The van der Waals surface area contributed by atoms with Gasteiger partial charge in [0, 0.05) is 23.4 Å². The highest BCUT2D eigenvalue weighted by atomic mass is 79.9. The largest absolute Gasteiger partial charge is 0.496 e. The Hall–Kier alpha value is -3.13. The number of alkyl halides is 3. The molecule has 33 heavy (non-hydrogen) atoms. The van der Waals surface area contributed by atoms with Crippen molar-refractivity contribution in [3.63, 3.8) is 0 Å². The molecular formula is C19H15BrF3N5O4S. The molecule has 3 aromatic rings. The minimum absolute atomic E-state index is 0.0174. The molecule has 1 aliphatic rings. The lowest BCUT2D eigenvalue weighted by Crippen LogP contribution is -2.35. The van der Waals surface area contributed by atoms with E-state index in [0.29, 0.717) is 0 Å². The maximum Gasteiger partial charge on any atom is 0.410 e. The highest BCUT2D eigenvalue weighted by molar-refractivity contribution is 9.10. The number of methoxy groups -OCH3 is 1. The van der Waals surface area contributed by atoms with Crippen LogP contribution in [0.15, 0.2) is 40.2 Å². The van der Waals surface area contributed by atoms with Gasteiger partial charge in [0.1, 0.15) is 11.6 Å². The van der Waals surface area contributed by atoms with E-state index in [1.54, 1.807) is 17.5 Å². The predicted octanol–water partition coefficient (Wildman–Crippen LogP) is 5.54. The first-order chi connectivity index (χ1) is 15.6. The monoisotopic (exact) mass is 545 g/mol. The number of aromatic nitrogens is 2. The number of nitrogens with zero attached hydrogens (tertiary/aromatic N) is 3. The number of nitro benzene ring substituents is 1. The lowest BCUT2D eigenvalue weighted by molar-refractivity contribution is -0.384. The molecule has 3 heterocycles. The number of halogens is 4. The van der Waals surface area contributed by atoms with Gasteiger partial charge in [0.2, 0.25) is 0 Å². The molecule has 1 amide bonds. The molecule has 0 fully saturated rings. The summed E-state index contributed by atoms with van der Waals surface area (Å²) in [6.45, 7) is 0. The number of anilines is 2. The Balaban J connectivity index is 1.69. The summed E-state index contributed by atoms with van der Waals surface area (Å²) in [6, 6.07) is 4.54. The Labute approximate surface area is 196 Å². The van der Waals surface area contributed by atoms with Gasteiger partial charge >= 0.3 is 6.18 Å². The predicted molar refractivity (Wildman–Crippen MR) is 118 cm³/mol. The molecule has 0 aliphatic carbocycles. The van der Waals surface area contributed by atoms with Gasteiger partial charge in [-0.05, 0) is 27.4 Å². The van der Waals surface area contributed by atoms with E-state index in [0.717, 1.165) is 15.6 Å². The number of hydrogen-bond donors (Lipinski definition) is 2. The van der Waals surface area contributed by atoms with E-state index in [1.165, 1.54) is 30.6 Å². The summed E-state index contributed by atoms with van der Waals surface area (Å²) in [7, 11) is 1.30. The fourth-order valence-electron chi connectivity index (χ4n) is 3.48. The number of carbonyl (C=O) groups is 1. The fraction of sp³-hybridized carbons (Fsp3) is 0.263. The van der Waals surface area contributed by atoms with Crippen LogP contribution in [0.2, 0.25) is 0 Å². The molecule has 2 N–H and O–H groups in total. The highest BCUT2D eigenvalue weighted by Crippen LogP contribution is 2.47. The van der Waals surface area contributed by atoms with Crippen molar-refractivity contribution in [2.24, 2.45) is 0 Å². The molecule has 1 aliphatic heterocycles. The zero-order chi connectivity index (χ0) is 23.9. The molecule has 1 aromatic carbocycles. The summed E-state index contributed by atoms with van der Waals surface area (Å²) in [6.07, 6.45) is -4.90. The van der Waals surface area contributed by atoms with Crippen LogP contribution in [0.1, 0.15) is 33.9 Å². The molecule has 4 rings (SSSR count). The molecule has 2 atom stereocenters. The third-order valence-electron chi connectivity index (χ3n) is 4.99. The fourth-order valence-corrected chi connectivity index (χ4v) is 4.83. The summed E-state index contributed by atoms with van der Waals surface area (Å²) in [5, 5.41) is 22.3. The van der Waals surface area contributed by atoms with Crippen LogP contribution < -0.4 is 15.4 Å². The second-order valence-electron chi connectivity index (χ2n) is 7.09. The minimum atomic E-state index is -4.60. The molecule has 2 aromatic heterocycles. The van der Waals surface area contributed by atoms with E-state index >= 15 is 0 Å². The number of ether oxygens (including phenoxy) is 1. The van der Waals surface area contributed by atoms with E-state index in [4.69, 9.17) is 4.74 Å². The standard InChI is InChI=1S/C19H15BrF3N5O4S/c1-32-11-6-9(5-10(7-11)28(30)31)24-18(29)16-15(20)17-25-12(13-3-2-4-33-13)8-14(19(21,22)23)27(17)26-16/h2-7,12,14,25H,8H2,1H3,(H,24,29)/t12-,14-/m0/s1. The van der Waals surface area contributed by atoms with Gasteiger partial charge in [-0.1, -0.05) is 6.07 Å². The molecular weight excluding hydrogens is 531 g/mol. The van der Waals surface area contributed by atoms with Crippen LogP contribution in [-0.2, 0) is 0 Å². The normalized spacial score (nSPS) is 17.7. The van der Waals surface area contributed by atoms with Gasteiger partial charge in [-0.3, -0.25) is 14.9 Å². The van der Waals surface area contributed by atoms with E-state index in [-0.39, 0.29) is 39.5 Å². The lowest BCUT2D eigenvalue weighted by atomic mass is 10.0. The SMILES string of the molecule is COc1cc(NC(=O)c2nn3c(c2Br)N[C@H](c2cccs2)C[C@H]3C(F)(F)F)cc([N+](=O)[O-])c1. The van der Waals surface area contributed by atoms with Gasteiger partial charge in [0.05, 0.1) is 34.3 Å². The molecule has 9 nitrogen and oxygen atoms in total. The van der Waals surface area contributed by atoms with Crippen molar-refractivity contribution in [3.8, 4) is 5.75 Å². The van der Waals surface area contributed by atoms with Crippen LogP contribution in [0, 0.1) is 10.1 Å². The van der Waals surface area contributed by atoms with Crippen LogP contribution >= 0.6 is 27.3 Å². The van der Waals surface area contributed by atoms with Crippen molar-refractivity contribution in [3.05, 3.63) is 60.9 Å². The Morgan fingerprint density at radius 1 is 1.42 bits per heavy atom. The van der Waals surface area contributed by atoms with E-state index < -0.39 is 29.1 Å². The number of amides is 1. The topological polar surface area (TPSA) is 111 Å². The molecule has 0 bridgehead atoms. The Morgan fingerprint density at radius 2 is 2.18 bits per heavy atom. The van der Waals surface area contributed by atoms with Crippen LogP contribution in [0.4, 0.5) is 30.4 Å². The summed E-state index contributed by atoms with van der Waals surface area (Å²) in [5.74, 6) is -0.703. The van der Waals surface area contributed by atoms with E-state index in [9.17, 15) is 28.1 Å². The van der Waals surface area contributed by atoms with Crippen LogP contribution in [-0.4, -0.2) is 33.9 Å². The van der Waals surface area contributed by atoms with Crippen molar-refractivity contribution >= 4 is 50.4 Å². The molecule has 0 saturated carbocycles. The van der Waals surface area contributed by atoms with Gasteiger partial charge in [-0.15, -0.1) is 11.3 Å². The molecule has 14 heteroatoms. The summed E-state index contributed by atoms with van der Waals surface area (Å²) < 4.78 is 47.3. The molecule has 0 radical (unpaired) electrons. The van der Waals surface area contributed by atoms with Crippen LogP contribution in [0.25, 0.3) is 0 Å². The Morgan fingerprint density at radius 3 is 2.79 bits per heavy atom. The first-order valence-corrected chi connectivity index (χ1v) is 11.0. The van der Waals surface area contributed by atoms with Gasteiger partial charge in [-0.2, -0.15) is 18.3 Å². The van der Waals surface area contributed by atoms with Crippen molar-refractivity contribution in [2.45, 2.75) is 24.7 Å². The van der Waals surface area contributed by atoms with Gasteiger partial charge < -0.3 is 15.4 Å². The van der Waals surface area contributed by atoms with Crippen LogP contribution in [0.3, 0.4) is 0 Å². The average Bonchev–Trinajstić information content (AvgIpc) is 3.40. The number of hydrogen-bond acceptors (Lipinski definition) is 7. The number of non-ortho nitro benzene ring substituents is 1. The maximum atomic E-state index is 13.8. The summed E-state index contributed by atoms with van der Waals surface area (Å²) in [4.78, 5) is 24.0. The van der Waals surface area contributed by atoms with Crippen molar-refractivity contribution in [2.75, 3.05) is 17.7 Å². The maximum absolute atomic E-state index is 13.8. The van der Waals surface area contributed by atoms with Gasteiger partial charge in [0.15, 0.2) is 11.7 Å². The Bertz CT molecular complexity index is 1210. The molecule has 0 spiro atoms. The first kappa shape index (κ1) is 23.0. The average molecular weight is 546 g/mol. The number of nitrogens with one attached hydrogen (secondary N) is 2. The number of carbonyl (C=O) groups excluding carboxylic acids is 1. The number of rotatable bonds is 5. The zero-order valence-electron chi connectivity index (χ0n) is 16.7. The van der Waals surface area contributed by atoms with Gasteiger partial charge in [-0.25, -0.2) is 4.68 Å². The van der Waals surface area contributed by atoms with E-state index in [1.807, 2.05) is 0 Å². The molecule has 0 saturated heterocycles. The smallest absolute Gasteiger partial charge is 0.410 e. The van der Waals surface area contributed by atoms with Crippen molar-refractivity contribution < 1.29 is 27.6 Å². The number of thiophene rings is 1. The quantitative estimate of drug-likeness (QED) is 0.321. The van der Waals surface area contributed by atoms with Crippen LogP contribution in [0.5, 0.6) is 5.75 Å². The summed E-state index contributed by atoms with van der Waals surface area (Å²) in [5.41, 5.74) is -0.602. The lowest BCUT2D eigenvalue weighted by Gasteiger charge is -2.33. The minimum Gasteiger partial charge on any atom is -0.496 e. The molecule has 0 unspecified atom stereocenters. The second-order valence-corrected chi connectivity index (χ2v) is 8.86. The Kier molecular flexibility index (Phi) is 6.05. The van der Waals surface area contributed by atoms with E-state index in [2.05, 4.69) is 31.7 Å². The second kappa shape index (κ2) is 8.67. The first-order valence-electron chi connectivity index (χ1n) is 9.38. The highest BCUT2D eigenvalue weighted by Gasteiger charge is 2.48. The third kappa shape index (κ3) is 4.53. The third-order valence-corrected chi connectivity index (χ3v) is 6.73. The van der Waals surface area contributed by atoms with Crippen molar-refractivity contribution in [1.29, 1.82) is 0 Å².